The number of aryl methyl sites for hydroxylation is 2. The zero-order chi connectivity index (χ0) is 11.5. The maximum absolute atomic E-state index is 11.7. The van der Waals surface area contributed by atoms with Crippen LogP contribution in [0.25, 0.3) is 0 Å². The molecule has 0 aliphatic carbocycles. The van der Waals surface area contributed by atoms with Crippen molar-refractivity contribution < 1.29 is 9.32 Å². The van der Waals surface area contributed by atoms with Gasteiger partial charge < -0.3 is 15.2 Å². The highest BCUT2D eigenvalue weighted by atomic mass is 16.5. The molecule has 2 heterocycles. The maximum Gasteiger partial charge on any atom is 0.237 e. The lowest BCUT2D eigenvalue weighted by molar-refractivity contribution is -0.122. The second kappa shape index (κ2) is 4.65. The molecular formula is C11H17N3O2. The van der Waals surface area contributed by atoms with E-state index in [2.05, 4.69) is 15.8 Å². The van der Waals surface area contributed by atoms with Gasteiger partial charge in [-0.25, -0.2) is 0 Å². The van der Waals surface area contributed by atoms with Crippen LogP contribution in [-0.4, -0.2) is 23.7 Å². The second-order valence-corrected chi connectivity index (χ2v) is 4.17. The lowest BCUT2D eigenvalue weighted by Gasteiger charge is -2.10. The third-order valence-corrected chi connectivity index (χ3v) is 3.00. The fourth-order valence-corrected chi connectivity index (χ4v) is 1.96. The Morgan fingerprint density at radius 2 is 2.44 bits per heavy atom. The third kappa shape index (κ3) is 2.24. The monoisotopic (exact) mass is 223 g/mol. The smallest absolute Gasteiger partial charge is 0.237 e. The summed E-state index contributed by atoms with van der Waals surface area (Å²) in [6.07, 6.45) is 2.00. The summed E-state index contributed by atoms with van der Waals surface area (Å²) >= 11 is 0. The van der Waals surface area contributed by atoms with Gasteiger partial charge in [0.25, 0.3) is 0 Å². The summed E-state index contributed by atoms with van der Waals surface area (Å²) in [5.74, 6) is 0.842. The topological polar surface area (TPSA) is 67.2 Å². The molecule has 5 nitrogen and oxygen atoms in total. The van der Waals surface area contributed by atoms with Crippen molar-refractivity contribution in [3.8, 4) is 0 Å². The van der Waals surface area contributed by atoms with Gasteiger partial charge >= 0.3 is 0 Å². The van der Waals surface area contributed by atoms with E-state index in [1.165, 1.54) is 0 Å². The van der Waals surface area contributed by atoms with Gasteiger partial charge in [-0.2, -0.15) is 0 Å². The Labute approximate surface area is 94.6 Å². The molecule has 1 fully saturated rings. The number of nitrogens with zero attached hydrogens (tertiary/aromatic N) is 1. The van der Waals surface area contributed by atoms with Gasteiger partial charge in [-0.3, -0.25) is 4.79 Å². The minimum absolute atomic E-state index is 0.0273. The number of amides is 1. The summed E-state index contributed by atoms with van der Waals surface area (Å²) in [7, 11) is 0. The molecule has 1 aromatic rings. The lowest BCUT2D eigenvalue weighted by Crippen LogP contribution is -2.40. The molecule has 2 rings (SSSR count). The molecule has 1 atom stereocenters. The second-order valence-electron chi connectivity index (χ2n) is 4.17. The van der Waals surface area contributed by atoms with Crippen molar-refractivity contribution in [1.29, 1.82) is 0 Å². The highest BCUT2D eigenvalue weighted by molar-refractivity contribution is 5.82. The lowest BCUT2D eigenvalue weighted by atomic mass is 10.2. The molecule has 1 aliphatic rings. The van der Waals surface area contributed by atoms with Crippen LogP contribution in [0.4, 0.5) is 0 Å². The van der Waals surface area contributed by atoms with E-state index in [0.29, 0.717) is 6.54 Å². The van der Waals surface area contributed by atoms with Crippen LogP contribution in [0.1, 0.15) is 29.9 Å². The molecule has 88 valence electrons. The fourth-order valence-electron chi connectivity index (χ4n) is 1.96. The van der Waals surface area contributed by atoms with Gasteiger partial charge in [0.2, 0.25) is 5.91 Å². The first-order chi connectivity index (χ1) is 7.68. The molecule has 0 aromatic carbocycles. The quantitative estimate of drug-likeness (QED) is 0.790. The van der Waals surface area contributed by atoms with Crippen LogP contribution in [-0.2, 0) is 11.3 Å². The Morgan fingerprint density at radius 1 is 1.62 bits per heavy atom. The van der Waals surface area contributed by atoms with Crippen molar-refractivity contribution in [2.45, 2.75) is 39.3 Å². The standard InChI is InChI=1S/C11H17N3O2/c1-7-9(8(2)16-14-7)6-13-11(15)10-4-3-5-12-10/h10,12H,3-6H2,1-2H3,(H,13,15)/t10-/m1/s1. The van der Waals surface area contributed by atoms with E-state index in [4.69, 9.17) is 4.52 Å². The van der Waals surface area contributed by atoms with Gasteiger partial charge in [0, 0.05) is 12.1 Å². The molecule has 0 saturated carbocycles. The van der Waals surface area contributed by atoms with Gasteiger partial charge in [0.1, 0.15) is 5.76 Å². The third-order valence-electron chi connectivity index (χ3n) is 3.00. The number of carbonyl (C=O) groups is 1. The molecule has 0 bridgehead atoms. The molecule has 0 spiro atoms. The van der Waals surface area contributed by atoms with Crippen molar-refractivity contribution in [2.75, 3.05) is 6.54 Å². The summed E-state index contributed by atoms with van der Waals surface area (Å²) in [4.78, 5) is 11.7. The summed E-state index contributed by atoms with van der Waals surface area (Å²) in [5.41, 5.74) is 1.82. The zero-order valence-corrected chi connectivity index (χ0v) is 9.67. The largest absolute Gasteiger partial charge is 0.361 e. The first-order valence-corrected chi connectivity index (χ1v) is 5.61. The van der Waals surface area contributed by atoms with E-state index in [1.807, 2.05) is 13.8 Å². The first-order valence-electron chi connectivity index (χ1n) is 5.61. The fraction of sp³-hybridized carbons (Fsp3) is 0.636. The van der Waals surface area contributed by atoms with Crippen molar-refractivity contribution >= 4 is 5.91 Å². The minimum Gasteiger partial charge on any atom is -0.361 e. The van der Waals surface area contributed by atoms with Crippen LogP contribution >= 0.6 is 0 Å². The molecule has 0 unspecified atom stereocenters. The zero-order valence-electron chi connectivity index (χ0n) is 9.67. The minimum atomic E-state index is -0.0273. The highest BCUT2D eigenvalue weighted by Gasteiger charge is 2.22. The Bertz CT molecular complexity index is 361. The highest BCUT2D eigenvalue weighted by Crippen LogP contribution is 2.12. The molecular weight excluding hydrogens is 206 g/mol. The Hall–Kier alpha value is -1.36. The Morgan fingerprint density at radius 3 is 3.00 bits per heavy atom. The number of carbonyl (C=O) groups excluding carboxylic acids is 1. The van der Waals surface area contributed by atoms with Crippen LogP contribution in [0.3, 0.4) is 0 Å². The van der Waals surface area contributed by atoms with Crippen LogP contribution in [0.15, 0.2) is 4.52 Å². The Balaban J connectivity index is 1.89. The molecule has 1 amide bonds. The van der Waals surface area contributed by atoms with Crippen molar-refractivity contribution in [1.82, 2.24) is 15.8 Å². The van der Waals surface area contributed by atoms with E-state index >= 15 is 0 Å². The number of aromatic nitrogens is 1. The number of nitrogens with one attached hydrogen (secondary N) is 2. The van der Waals surface area contributed by atoms with E-state index in [1.54, 1.807) is 0 Å². The SMILES string of the molecule is Cc1noc(C)c1CNC(=O)[C@H]1CCCN1. The van der Waals surface area contributed by atoms with Gasteiger partial charge in [-0.1, -0.05) is 5.16 Å². The van der Waals surface area contributed by atoms with Crippen molar-refractivity contribution in [3.63, 3.8) is 0 Å². The van der Waals surface area contributed by atoms with Gasteiger partial charge in [0.05, 0.1) is 11.7 Å². The maximum atomic E-state index is 11.7. The van der Waals surface area contributed by atoms with E-state index < -0.39 is 0 Å². The Kier molecular flexibility index (Phi) is 3.24. The van der Waals surface area contributed by atoms with E-state index in [-0.39, 0.29) is 11.9 Å². The molecule has 1 aromatic heterocycles. The van der Waals surface area contributed by atoms with Crippen molar-refractivity contribution in [2.24, 2.45) is 0 Å². The average Bonchev–Trinajstić information content (AvgIpc) is 2.87. The van der Waals surface area contributed by atoms with Crippen LogP contribution in [0.2, 0.25) is 0 Å². The predicted octanol–water partition coefficient (Wildman–Crippen LogP) is 0.660. The summed E-state index contributed by atoms with van der Waals surface area (Å²) in [5, 5.41) is 9.92. The van der Waals surface area contributed by atoms with Crippen LogP contribution in [0, 0.1) is 13.8 Å². The van der Waals surface area contributed by atoms with Crippen LogP contribution in [0.5, 0.6) is 0 Å². The van der Waals surface area contributed by atoms with Gasteiger partial charge in [0.15, 0.2) is 0 Å². The summed E-state index contributed by atoms with van der Waals surface area (Å²) in [6.45, 7) is 5.17. The molecule has 0 radical (unpaired) electrons. The molecule has 2 N–H and O–H groups in total. The molecule has 1 aliphatic heterocycles. The summed E-state index contributed by atoms with van der Waals surface area (Å²) in [6, 6.07) is -0.0273. The average molecular weight is 223 g/mol. The summed E-state index contributed by atoms with van der Waals surface area (Å²) < 4.78 is 5.04. The number of hydrogen-bond acceptors (Lipinski definition) is 4. The normalized spacial score (nSPS) is 20.0. The van der Waals surface area contributed by atoms with Gasteiger partial charge in [-0.05, 0) is 33.2 Å². The van der Waals surface area contributed by atoms with Crippen LogP contribution < -0.4 is 10.6 Å². The van der Waals surface area contributed by atoms with E-state index in [0.717, 1.165) is 36.4 Å². The number of rotatable bonds is 3. The van der Waals surface area contributed by atoms with E-state index in [9.17, 15) is 4.79 Å². The molecule has 1 saturated heterocycles. The predicted molar refractivity (Wildman–Crippen MR) is 58.8 cm³/mol. The number of hydrogen-bond donors (Lipinski definition) is 2. The van der Waals surface area contributed by atoms with Gasteiger partial charge in [-0.15, -0.1) is 0 Å². The first kappa shape index (κ1) is 11.1. The molecule has 16 heavy (non-hydrogen) atoms. The van der Waals surface area contributed by atoms with Crippen molar-refractivity contribution in [3.05, 3.63) is 17.0 Å². The molecule has 5 heteroatoms.